The van der Waals surface area contributed by atoms with E-state index in [0.717, 1.165) is 12.1 Å². The lowest BCUT2D eigenvalue weighted by molar-refractivity contribution is -0.137. The zero-order chi connectivity index (χ0) is 22.6. The summed E-state index contributed by atoms with van der Waals surface area (Å²) < 4.78 is 71.6. The smallest absolute Gasteiger partial charge is 0.383 e. The van der Waals surface area contributed by atoms with Gasteiger partial charge >= 0.3 is 6.18 Å². The lowest BCUT2D eigenvalue weighted by Gasteiger charge is -2.27. The Balaban J connectivity index is 3.03. The Morgan fingerprint density at radius 3 is 2.03 bits per heavy atom. The summed E-state index contributed by atoms with van der Waals surface area (Å²) >= 11 is 0. The molecule has 0 spiro atoms. The number of alkyl halides is 5. The largest absolute Gasteiger partial charge is 0.416 e. The third-order valence-corrected chi connectivity index (χ3v) is 4.33. The molecule has 0 aliphatic carbocycles. The molecule has 0 aliphatic heterocycles. The molecule has 0 fully saturated rings. The van der Waals surface area contributed by atoms with Gasteiger partial charge in [0, 0.05) is 26.0 Å². The Morgan fingerprint density at radius 2 is 1.55 bits per heavy atom. The van der Waals surface area contributed by atoms with Crippen molar-refractivity contribution in [1.82, 2.24) is 5.32 Å². The molecule has 1 amide bonds. The molecule has 10 heteroatoms. The van der Waals surface area contributed by atoms with Crippen LogP contribution in [0.25, 0.3) is 0 Å². The summed E-state index contributed by atoms with van der Waals surface area (Å²) in [5.41, 5.74) is 2.28. The van der Waals surface area contributed by atoms with Gasteiger partial charge in [-0.05, 0) is 29.2 Å². The first-order valence-corrected chi connectivity index (χ1v) is 8.73. The van der Waals surface area contributed by atoms with Crippen LogP contribution in [-0.2, 0) is 31.8 Å². The van der Waals surface area contributed by atoms with Crippen LogP contribution in [0.4, 0.5) is 22.0 Å². The molecular formula is C19H25F5N2O3. The van der Waals surface area contributed by atoms with E-state index in [1.165, 1.54) is 21.0 Å². The van der Waals surface area contributed by atoms with Gasteiger partial charge in [0.05, 0.1) is 18.7 Å². The monoisotopic (exact) mass is 424 g/mol. The van der Waals surface area contributed by atoms with Crippen molar-refractivity contribution >= 4 is 11.7 Å². The Bertz CT molecular complexity index is 710. The summed E-state index contributed by atoms with van der Waals surface area (Å²) in [7, 11) is 1.35. The summed E-state index contributed by atoms with van der Waals surface area (Å²) in [6.45, 7) is 3.00. The number of methoxy groups -OCH3 is 1. The fourth-order valence-electron chi connectivity index (χ4n) is 2.66. The fourth-order valence-corrected chi connectivity index (χ4v) is 2.66. The predicted molar refractivity (Wildman–Crippen MR) is 96.5 cm³/mol. The van der Waals surface area contributed by atoms with E-state index in [2.05, 4.69) is 5.32 Å². The van der Waals surface area contributed by atoms with Crippen molar-refractivity contribution < 1.29 is 36.3 Å². The van der Waals surface area contributed by atoms with Gasteiger partial charge in [0.15, 0.2) is 5.78 Å². The molecule has 0 aliphatic rings. The molecule has 0 radical (unpaired) electrons. The highest BCUT2D eigenvalue weighted by Gasteiger charge is 2.36. The molecule has 0 saturated heterocycles. The van der Waals surface area contributed by atoms with Crippen LogP contribution in [0.3, 0.4) is 0 Å². The van der Waals surface area contributed by atoms with E-state index in [-0.39, 0.29) is 18.6 Å². The number of nitrogens with one attached hydrogen (secondary N) is 1. The van der Waals surface area contributed by atoms with E-state index in [1.54, 1.807) is 0 Å². The van der Waals surface area contributed by atoms with Gasteiger partial charge in [0.2, 0.25) is 5.91 Å². The molecule has 0 aromatic heterocycles. The SMILES string of the molecule is COC[C@@H](N)C(=O)NCC(=O)CC(C)(C)c1cc(C(C)(F)F)cc(C(F)(F)F)c1. The number of hydrogen-bond donors (Lipinski definition) is 2. The number of rotatable bonds is 9. The molecule has 1 rings (SSSR count). The van der Waals surface area contributed by atoms with Crippen LogP contribution in [0.15, 0.2) is 18.2 Å². The van der Waals surface area contributed by atoms with Crippen molar-refractivity contribution in [3.8, 4) is 0 Å². The van der Waals surface area contributed by atoms with Crippen molar-refractivity contribution in [3.63, 3.8) is 0 Å². The number of hydrogen-bond acceptors (Lipinski definition) is 4. The van der Waals surface area contributed by atoms with E-state index < -0.39 is 52.9 Å². The van der Waals surface area contributed by atoms with E-state index >= 15 is 0 Å². The molecule has 0 saturated carbocycles. The number of carbonyl (C=O) groups is 2. The van der Waals surface area contributed by atoms with Gasteiger partial charge in [-0.3, -0.25) is 9.59 Å². The molecule has 164 valence electrons. The quantitative estimate of drug-likeness (QED) is 0.597. The molecule has 0 heterocycles. The average Bonchev–Trinajstić information content (AvgIpc) is 2.57. The van der Waals surface area contributed by atoms with Crippen molar-refractivity contribution in [3.05, 3.63) is 34.9 Å². The average molecular weight is 424 g/mol. The summed E-state index contributed by atoms with van der Waals surface area (Å²) in [5, 5.41) is 2.32. The minimum Gasteiger partial charge on any atom is -0.383 e. The second-order valence-electron chi connectivity index (χ2n) is 7.56. The van der Waals surface area contributed by atoms with E-state index in [4.69, 9.17) is 10.5 Å². The zero-order valence-corrected chi connectivity index (χ0v) is 16.6. The van der Waals surface area contributed by atoms with Crippen LogP contribution in [-0.4, -0.2) is 38.0 Å². The van der Waals surface area contributed by atoms with Crippen LogP contribution in [0.2, 0.25) is 0 Å². The van der Waals surface area contributed by atoms with Gasteiger partial charge in [-0.15, -0.1) is 0 Å². The molecule has 5 nitrogen and oxygen atoms in total. The first-order chi connectivity index (χ1) is 13.1. The van der Waals surface area contributed by atoms with Crippen LogP contribution < -0.4 is 11.1 Å². The third-order valence-electron chi connectivity index (χ3n) is 4.33. The highest BCUT2D eigenvalue weighted by Crippen LogP contribution is 2.39. The van der Waals surface area contributed by atoms with Gasteiger partial charge in [-0.2, -0.15) is 13.2 Å². The maximum absolute atomic E-state index is 13.7. The Hall–Kier alpha value is -2.07. The number of ether oxygens (including phenoxy) is 1. The highest BCUT2D eigenvalue weighted by atomic mass is 19.4. The fraction of sp³-hybridized carbons (Fsp3) is 0.579. The molecule has 0 bridgehead atoms. The minimum atomic E-state index is -4.82. The van der Waals surface area contributed by atoms with Gasteiger partial charge in [0.1, 0.15) is 6.04 Å². The lowest BCUT2D eigenvalue weighted by Crippen LogP contribution is -2.45. The number of ketones is 1. The van der Waals surface area contributed by atoms with Gasteiger partial charge in [0.25, 0.3) is 5.92 Å². The number of amides is 1. The first kappa shape index (κ1) is 25.0. The predicted octanol–water partition coefficient (Wildman–Crippen LogP) is 3.14. The lowest BCUT2D eigenvalue weighted by atomic mass is 9.78. The highest BCUT2D eigenvalue weighted by molar-refractivity contribution is 5.88. The number of nitrogens with two attached hydrogens (primary N) is 1. The molecule has 1 atom stereocenters. The van der Waals surface area contributed by atoms with E-state index in [0.29, 0.717) is 13.0 Å². The number of halogens is 5. The van der Waals surface area contributed by atoms with Crippen LogP contribution in [0, 0.1) is 0 Å². The van der Waals surface area contributed by atoms with Gasteiger partial charge in [-0.25, -0.2) is 8.78 Å². The Morgan fingerprint density at radius 1 is 1.03 bits per heavy atom. The minimum absolute atomic E-state index is 0.0518. The normalized spacial score (nSPS) is 13.9. The zero-order valence-electron chi connectivity index (χ0n) is 16.6. The maximum atomic E-state index is 13.7. The molecular weight excluding hydrogens is 399 g/mol. The van der Waals surface area contributed by atoms with Crippen molar-refractivity contribution in [2.24, 2.45) is 5.73 Å². The maximum Gasteiger partial charge on any atom is 0.416 e. The Kier molecular flexibility index (Phi) is 7.89. The van der Waals surface area contributed by atoms with E-state index in [1.807, 2.05) is 0 Å². The summed E-state index contributed by atoms with van der Waals surface area (Å²) in [6, 6.07) is 1.16. The van der Waals surface area contributed by atoms with Crippen LogP contribution >= 0.6 is 0 Å². The Labute approximate surface area is 165 Å². The molecule has 0 unspecified atom stereocenters. The molecule has 29 heavy (non-hydrogen) atoms. The van der Waals surface area contributed by atoms with Crippen LogP contribution in [0.1, 0.15) is 43.9 Å². The summed E-state index contributed by atoms with van der Waals surface area (Å²) in [6.07, 6.45) is -5.09. The third kappa shape index (κ3) is 7.36. The van der Waals surface area contributed by atoms with Crippen molar-refractivity contribution in [2.75, 3.05) is 20.3 Å². The molecule has 1 aromatic carbocycles. The number of carbonyl (C=O) groups excluding carboxylic acids is 2. The van der Waals surface area contributed by atoms with Gasteiger partial charge < -0.3 is 15.8 Å². The topological polar surface area (TPSA) is 81.4 Å². The van der Waals surface area contributed by atoms with Crippen molar-refractivity contribution in [1.29, 1.82) is 0 Å². The first-order valence-electron chi connectivity index (χ1n) is 8.73. The summed E-state index contributed by atoms with van der Waals surface area (Å²) in [4.78, 5) is 23.9. The molecule has 3 N–H and O–H groups in total. The second kappa shape index (κ2) is 9.17. The van der Waals surface area contributed by atoms with E-state index in [9.17, 15) is 31.5 Å². The van der Waals surface area contributed by atoms with Crippen molar-refractivity contribution in [2.45, 2.75) is 50.7 Å². The number of benzene rings is 1. The van der Waals surface area contributed by atoms with Gasteiger partial charge in [-0.1, -0.05) is 13.8 Å². The molecule has 1 aromatic rings. The van der Waals surface area contributed by atoms with Crippen LogP contribution in [0.5, 0.6) is 0 Å². The number of Topliss-reactive ketones (excluding diaryl/α,β-unsaturated/α-hetero) is 1. The second-order valence-corrected chi connectivity index (χ2v) is 7.56. The summed E-state index contributed by atoms with van der Waals surface area (Å²) in [5.74, 6) is -4.60. The standard InChI is InChI=1S/C19H25F5N2O3/c1-17(2,8-14(27)9-26-16(28)15(25)10-29-4)11-5-12(18(3,20)21)7-13(6-11)19(22,23)24/h5-7,15H,8-10,25H2,1-4H3,(H,26,28)/t15-/m1/s1.